The van der Waals surface area contributed by atoms with E-state index in [-0.39, 0.29) is 0 Å². The molecule has 8 nitrogen and oxygen atoms in total. The molecular formula is C23H36N6O2. The summed E-state index contributed by atoms with van der Waals surface area (Å²) in [5.74, 6) is 2.54. The molecule has 2 heterocycles. The number of ether oxygens (including phenoxy) is 2. The predicted molar refractivity (Wildman–Crippen MR) is 125 cm³/mol. The molecule has 0 atom stereocenters. The van der Waals surface area contributed by atoms with Crippen LogP contribution in [0.3, 0.4) is 0 Å². The number of anilines is 1. The number of benzene rings is 1. The van der Waals surface area contributed by atoms with Crippen LogP contribution >= 0.6 is 0 Å². The fourth-order valence-electron chi connectivity index (χ4n) is 3.78. The second-order valence-electron chi connectivity index (χ2n) is 7.87. The second kappa shape index (κ2) is 11.5. The fourth-order valence-corrected chi connectivity index (χ4v) is 3.78. The quantitative estimate of drug-likeness (QED) is 0.363. The Bertz CT molecular complexity index is 820. The molecule has 0 radical (unpaired) electrons. The van der Waals surface area contributed by atoms with E-state index in [0.29, 0.717) is 6.04 Å². The lowest BCUT2D eigenvalue weighted by Crippen LogP contribution is -2.48. The number of aromatic nitrogens is 2. The van der Waals surface area contributed by atoms with Crippen molar-refractivity contribution < 1.29 is 9.47 Å². The van der Waals surface area contributed by atoms with Crippen molar-refractivity contribution in [3.05, 3.63) is 36.2 Å². The first-order valence-corrected chi connectivity index (χ1v) is 11.1. The Labute approximate surface area is 185 Å². The highest BCUT2D eigenvalue weighted by Gasteiger charge is 2.21. The van der Waals surface area contributed by atoms with E-state index in [1.165, 1.54) is 5.56 Å². The largest absolute Gasteiger partial charge is 0.497 e. The van der Waals surface area contributed by atoms with E-state index >= 15 is 0 Å². The molecule has 0 spiro atoms. The van der Waals surface area contributed by atoms with Gasteiger partial charge in [0.15, 0.2) is 5.96 Å². The van der Waals surface area contributed by atoms with Crippen molar-refractivity contribution in [1.29, 1.82) is 0 Å². The van der Waals surface area contributed by atoms with Crippen LogP contribution in [-0.4, -0.2) is 62.2 Å². The van der Waals surface area contributed by atoms with Gasteiger partial charge in [-0.1, -0.05) is 0 Å². The van der Waals surface area contributed by atoms with Gasteiger partial charge in [0.25, 0.3) is 0 Å². The summed E-state index contributed by atoms with van der Waals surface area (Å²) in [5, 5.41) is 11.3. The van der Waals surface area contributed by atoms with Gasteiger partial charge in [0.05, 0.1) is 20.4 Å². The van der Waals surface area contributed by atoms with Gasteiger partial charge >= 0.3 is 0 Å². The van der Waals surface area contributed by atoms with Crippen molar-refractivity contribution >= 4 is 11.6 Å². The Hall–Kier alpha value is -2.90. The van der Waals surface area contributed by atoms with E-state index in [2.05, 4.69) is 52.8 Å². The number of nitrogens with one attached hydrogen (secondary N) is 2. The SMILES string of the molecule is CCNC(=NCCCn1cc(C)cn1)NC1CCN(c2cc(OC)cc(OC)c2)CC1. The van der Waals surface area contributed by atoms with Gasteiger partial charge in [0, 0.05) is 68.8 Å². The highest BCUT2D eigenvalue weighted by atomic mass is 16.5. The molecule has 8 heteroatoms. The van der Waals surface area contributed by atoms with Crippen LogP contribution in [0.2, 0.25) is 0 Å². The summed E-state index contributed by atoms with van der Waals surface area (Å²) < 4.78 is 12.8. The van der Waals surface area contributed by atoms with Gasteiger partial charge < -0.3 is 25.0 Å². The lowest BCUT2D eigenvalue weighted by Gasteiger charge is -2.34. The van der Waals surface area contributed by atoms with Crippen molar-refractivity contribution in [3.8, 4) is 11.5 Å². The average Bonchev–Trinajstić information content (AvgIpc) is 3.21. The highest BCUT2D eigenvalue weighted by Crippen LogP contribution is 2.30. The minimum absolute atomic E-state index is 0.412. The zero-order valence-corrected chi connectivity index (χ0v) is 19.2. The highest BCUT2D eigenvalue weighted by molar-refractivity contribution is 5.80. The molecule has 0 saturated carbocycles. The number of guanidine groups is 1. The molecule has 0 unspecified atom stereocenters. The van der Waals surface area contributed by atoms with Crippen LogP contribution in [0, 0.1) is 6.92 Å². The molecule has 0 bridgehead atoms. The average molecular weight is 429 g/mol. The van der Waals surface area contributed by atoms with Crippen LogP contribution in [0.1, 0.15) is 31.7 Å². The maximum atomic E-state index is 5.42. The van der Waals surface area contributed by atoms with Gasteiger partial charge in [-0.3, -0.25) is 9.67 Å². The van der Waals surface area contributed by atoms with E-state index in [1.54, 1.807) is 14.2 Å². The van der Waals surface area contributed by atoms with Gasteiger partial charge in [-0.2, -0.15) is 5.10 Å². The topological polar surface area (TPSA) is 75.9 Å². The van der Waals surface area contributed by atoms with Crippen LogP contribution in [0.4, 0.5) is 5.69 Å². The summed E-state index contributed by atoms with van der Waals surface area (Å²) in [4.78, 5) is 7.15. The third-order valence-electron chi connectivity index (χ3n) is 5.46. The number of hydrogen-bond acceptors (Lipinski definition) is 5. The molecule has 1 aromatic heterocycles. The molecular weight excluding hydrogens is 392 g/mol. The zero-order valence-electron chi connectivity index (χ0n) is 19.2. The molecule has 31 heavy (non-hydrogen) atoms. The fraction of sp³-hybridized carbons (Fsp3) is 0.565. The Morgan fingerprint density at radius 2 is 1.87 bits per heavy atom. The summed E-state index contributed by atoms with van der Waals surface area (Å²) in [6, 6.07) is 6.46. The number of methoxy groups -OCH3 is 2. The summed E-state index contributed by atoms with van der Waals surface area (Å²) in [6.07, 6.45) is 7.03. The van der Waals surface area contributed by atoms with Crippen LogP contribution in [0.15, 0.2) is 35.6 Å². The molecule has 0 amide bonds. The summed E-state index contributed by atoms with van der Waals surface area (Å²) in [5.41, 5.74) is 2.33. The van der Waals surface area contributed by atoms with E-state index in [1.807, 2.05) is 16.9 Å². The normalized spacial score (nSPS) is 15.1. The number of piperidine rings is 1. The van der Waals surface area contributed by atoms with E-state index in [4.69, 9.17) is 14.5 Å². The van der Waals surface area contributed by atoms with Crippen molar-refractivity contribution in [3.63, 3.8) is 0 Å². The van der Waals surface area contributed by atoms with Crippen molar-refractivity contribution in [2.45, 2.75) is 45.7 Å². The number of nitrogens with zero attached hydrogens (tertiary/aromatic N) is 4. The Kier molecular flexibility index (Phi) is 8.44. The maximum Gasteiger partial charge on any atom is 0.191 e. The van der Waals surface area contributed by atoms with Gasteiger partial charge in [-0.05, 0) is 38.7 Å². The van der Waals surface area contributed by atoms with E-state index in [0.717, 1.165) is 75.1 Å². The first kappa shape index (κ1) is 22.8. The first-order valence-electron chi connectivity index (χ1n) is 11.1. The number of rotatable bonds is 9. The molecule has 1 aliphatic rings. The zero-order chi connectivity index (χ0) is 22.1. The molecule has 2 N–H and O–H groups in total. The lowest BCUT2D eigenvalue weighted by atomic mass is 10.0. The van der Waals surface area contributed by atoms with E-state index in [9.17, 15) is 0 Å². The second-order valence-corrected chi connectivity index (χ2v) is 7.87. The molecule has 0 aliphatic carbocycles. The van der Waals surface area contributed by atoms with Gasteiger partial charge in [0.1, 0.15) is 11.5 Å². The molecule has 1 aliphatic heterocycles. The van der Waals surface area contributed by atoms with Crippen molar-refractivity contribution in [2.24, 2.45) is 4.99 Å². The standard InChI is InChI=1S/C23H36N6O2/c1-5-24-23(25-9-6-10-29-17-18(2)16-26-29)27-19-7-11-28(12-8-19)20-13-21(30-3)15-22(14-20)31-4/h13-17,19H,5-12H2,1-4H3,(H2,24,25,27). The summed E-state index contributed by atoms with van der Waals surface area (Å²) in [6.45, 7) is 8.63. The monoisotopic (exact) mass is 428 g/mol. The summed E-state index contributed by atoms with van der Waals surface area (Å²) in [7, 11) is 3.37. The maximum absolute atomic E-state index is 5.42. The van der Waals surface area contributed by atoms with E-state index < -0.39 is 0 Å². The third kappa shape index (κ3) is 6.80. The van der Waals surface area contributed by atoms with Crippen LogP contribution < -0.4 is 25.0 Å². The lowest BCUT2D eigenvalue weighted by molar-refractivity contribution is 0.393. The van der Waals surface area contributed by atoms with Crippen LogP contribution in [-0.2, 0) is 6.54 Å². The van der Waals surface area contributed by atoms with Crippen molar-refractivity contribution in [1.82, 2.24) is 20.4 Å². The predicted octanol–water partition coefficient (Wildman–Crippen LogP) is 2.82. The molecule has 3 rings (SSSR count). The molecule has 1 saturated heterocycles. The van der Waals surface area contributed by atoms with Gasteiger partial charge in [0.2, 0.25) is 0 Å². The third-order valence-corrected chi connectivity index (χ3v) is 5.46. The molecule has 1 fully saturated rings. The van der Waals surface area contributed by atoms with Crippen LogP contribution in [0.25, 0.3) is 0 Å². The van der Waals surface area contributed by atoms with Crippen LogP contribution in [0.5, 0.6) is 11.5 Å². The molecule has 1 aromatic carbocycles. The Morgan fingerprint density at radius 3 is 2.45 bits per heavy atom. The van der Waals surface area contributed by atoms with Crippen molar-refractivity contribution in [2.75, 3.05) is 45.3 Å². The molecule has 2 aromatic rings. The number of aliphatic imine (C=N–C) groups is 1. The minimum atomic E-state index is 0.412. The summed E-state index contributed by atoms with van der Waals surface area (Å²) >= 11 is 0. The molecule has 170 valence electrons. The number of hydrogen-bond donors (Lipinski definition) is 2. The Balaban J connectivity index is 1.49. The van der Waals surface area contributed by atoms with Gasteiger partial charge in [-0.15, -0.1) is 0 Å². The smallest absolute Gasteiger partial charge is 0.191 e. The Morgan fingerprint density at radius 1 is 1.16 bits per heavy atom. The first-order chi connectivity index (χ1) is 15.1. The number of aryl methyl sites for hydroxylation is 2. The minimum Gasteiger partial charge on any atom is -0.497 e. The van der Waals surface area contributed by atoms with Gasteiger partial charge in [-0.25, -0.2) is 0 Å².